The number of halogens is 1. The lowest BCUT2D eigenvalue weighted by Crippen LogP contribution is -2.23. The van der Waals surface area contributed by atoms with E-state index in [1.165, 1.54) is 12.1 Å². The number of aliphatic hydroxyl groups is 1. The Bertz CT molecular complexity index is 1190. The standard InChI is InChI=1S/C23H21FN4O2.2CH2O/c24-17-6-10-19(11-7-17)28-22-3-1-2-20(21(22)15-27-28)23(30)26-14-16-4-8-18(9-5-16)25-12-13-29;2*1-2/h1-11,15,25,29H,12-14H2,(H,26,30);2*1H2. The van der Waals surface area contributed by atoms with Crippen molar-refractivity contribution in [3.05, 3.63) is 89.9 Å². The highest BCUT2D eigenvalue weighted by molar-refractivity contribution is 6.06. The van der Waals surface area contributed by atoms with Crippen molar-refractivity contribution in [3.63, 3.8) is 0 Å². The van der Waals surface area contributed by atoms with E-state index in [1.807, 2.05) is 43.9 Å². The summed E-state index contributed by atoms with van der Waals surface area (Å²) in [7, 11) is 0. The van der Waals surface area contributed by atoms with Gasteiger partial charge in [-0.25, -0.2) is 9.07 Å². The van der Waals surface area contributed by atoms with Gasteiger partial charge in [0.1, 0.15) is 19.4 Å². The van der Waals surface area contributed by atoms with Crippen LogP contribution in [0.3, 0.4) is 0 Å². The normalized spacial score (nSPS) is 9.82. The zero-order valence-electron chi connectivity index (χ0n) is 18.4. The van der Waals surface area contributed by atoms with E-state index < -0.39 is 0 Å². The van der Waals surface area contributed by atoms with Crippen LogP contribution >= 0.6 is 0 Å². The van der Waals surface area contributed by atoms with Crippen LogP contribution in [0.25, 0.3) is 16.6 Å². The van der Waals surface area contributed by atoms with Crippen molar-refractivity contribution in [1.82, 2.24) is 15.1 Å². The Morgan fingerprint density at radius 1 is 0.971 bits per heavy atom. The molecule has 176 valence electrons. The third-order valence-electron chi connectivity index (χ3n) is 4.78. The lowest BCUT2D eigenvalue weighted by Gasteiger charge is -2.09. The molecule has 1 amide bonds. The number of rotatable bonds is 7. The Balaban J connectivity index is 0.000000970. The van der Waals surface area contributed by atoms with E-state index in [0.717, 1.165) is 27.8 Å². The van der Waals surface area contributed by atoms with Gasteiger partial charge in [0.05, 0.1) is 29.6 Å². The average molecular weight is 464 g/mol. The topological polar surface area (TPSA) is 113 Å². The molecular weight excluding hydrogens is 439 g/mol. The van der Waals surface area contributed by atoms with Gasteiger partial charge < -0.3 is 25.3 Å². The molecule has 0 bridgehead atoms. The zero-order valence-corrected chi connectivity index (χ0v) is 18.4. The molecule has 0 atom stereocenters. The molecule has 4 rings (SSSR count). The molecule has 0 radical (unpaired) electrons. The molecule has 0 saturated heterocycles. The van der Waals surface area contributed by atoms with Crippen LogP contribution < -0.4 is 10.6 Å². The van der Waals surface area contributed by atoms with Gasteiger partial charge in [0.15, 0.2) is 0 Å². The predicted molar refractivity (Wildman–Crippen MR) is 128 cm³/mol. The van der Waals surface area contributed by atoms with Crippen LogP contribution in [0.5, 0.6) is 0 Å². The minimum absolute atomic E-state index is 0.0705. The molecule has 9 heteroatoms. The number of carbonyl (C=O) groups is 3. The number of nitrogens with zero attached hydrogens (tertiary/aromatic N) is 2. The molecule has 4 aromatic rings. The Morgan fingerprint density at radius 3 is 2.29 bits per heavy atom. The maximum absolute atomic E-state index is 13.2. The number of aromatic nitrogens is 2. The van der Waals surface area contributed by atoms with Gasteiger partial charge in [-0.2, -0.15) is 5.10 Å². The van der Waals surface area contributed by atoms with Crippen LogP contribution in [-0.2, 0) is 16.1 Å². The number of benzene rings is 3. The fraction of sp³-hybridized carbons (Fsp3) is 0.120. The van der Waals surface area contributed by atoms with Crippen molar-refractivity contribution < 1.29 is 23.9 Å². The fourth-order valence-electron chi connectivity index (χ4n) is 3.26. The van der Waals surface area contributed by atoms with Gasteiger partial charge in [0, 0.05) is 24.2 Å². The summed E-state index contributed by atoms with van der Waals surface area (Å²) in [6.45, 7) is 4.95. The second-order valence-corrected chi connectivity index (χ2v) is 6.80. The van der Waals surface area contributed by atoms with Crippen molar-refractivity contribution in [2.24, 2.45) is 0 Å². The van der Waals surface area contributed by atoms with E-state index >= 15 is 0 Å². The predicted octanol–water partition coefficient (Wildman–Crippen LogP) is 3.13. The summed E-state index contributed by atoms with van der Waals surface area (Å²) in [6.07, 6.45) is 1.65. The number of anilines is 1. The van der Waals surface area contributed by atoms with Crippen molar-refractivity contribution in [2.75, 3.05) is 18.5 Å². The molecule has 34 heavy (non-hydrogen) atoms. The number of carbonyl (C=O) groups excluding carboxylic acids is 3. The van der Waals surface area contributed by atoms with Crippen molar-refractivity contribution >= 4 is 36.1 Å². The Labute approximate surface area is 196 Å². The maximum atomic E-state index is 13.2. The molecule has 0 aliphatic rings. The largest absolute Gasteiger partial charge is 0.395 e. The van der Waals surface area contributed by atoms with Crippen LogP contribution in [0.15, 0.2) is 72.9 Å². The van der Waals surface area contributed by atoms with E-state index in [-0.39, 0.29) is 18.3 Å². The third-order valence-corrected chi connectivity index (χ3v) is 4.78. The molecule has 1 aromatic heterocycles. The summed E-state index contributed by atoms with van der Waals surface area (Å²) in [5, 5.41) is 20.0. The van der Waals surface area contributed by atoms with Gasteiger partial charge in [-0.15, -0.1) is 0 Å². The molecule has 8 nitrogen and oxygen atoms in total. The zero-order chi connectivity index (χ0) is 24.9. The maximum Gasteiger partial charge on any atom is 0.252 e. The molecule has 0 spiro atoms. The van der Waals surface area contributed by atoms with Gasteiger partial charge in [-0.3, -0.25) is 4.79 Å². The third kappa shape index (κ3) is 6.33. The Hall–Kier alpha value is -4.37. The summed E-state index contributed by atoms with van der Waals surface area (Å²) >= 11 is 0. The molecule has 0 unspecified atom stereocenters. The van der Waals surface area contributed by atoms with E-state index in [4.69, 9.17) is 14.7 Å². The Morgan fingerprint density at radius 2 is 1.65 bits per heavy atom. The summed E-state index contributed by atoms with van der Waals surface area (Å²) in [5.41, 5.74) is 3.90. The van der Waals surface area contributed by atoms with Gasteiger partial charge >= 0.3 is 0 Å². The molecule has 0 aliphatic heterocycles. The molecule has 3 aromatic carbocycles. The average Bonchev–Trinajstić information content (AvgIpc) is 3.34. The second-order valence-electron chi connectivity index (χ2n) is 6.80. The van der Waals surface area contributed by atoms with Crippen LogP contribution in [0, 0.1) is 5.82 Å². The van der Waals surface area contributed by atoms with Crippen molar-refractivity contribution in [3.8, 4) is 5.69 Å². The van der Waals surface area contributed by atoms with Crippen molar-refractivity contribution in [2.45, 2.75) is 6.54 Å². The first-order valence-electron chi connectivity index (χ1n) is 10.2. The molecule has 3 N–H and O–H groups in total. The lowest BCUT2D eigenvalue weighted by molar-refractivity contribution is -0.0987. The molecule has 0 saturated carbocycles. The molecule has 0 aliphatic carbocycles. The first kappa shape index (κ1) is 25.9. The highest BCUT2D eigenvalue weighted by atomic mass is 19.1. The number of amides is 1. The second kappa shape index (κ2) is 13.2. The minimum Gasteiger partial charge on any atom is -0.395 e. The number of fused-ring (bicyclic) bond motifs is 1. The summed E-state index contributed by atoms with van der Waals surface area (Å²) in [5.74, 6) is -0.505. The SMILES string of the molecule is C=O.C=O.O=C(NCc1ccc(NCCO)cc1)c1cccc2c1cnn2-c1ccc(F)cc1. The first-order valence-corrected chi connectivity index (χ1v) is 10.2. The van der Waals surface area contributed by atoms with E-state index in [1.54, 1.807) is 35.1 Å². The van der Waals surface area contributed by atoms with Crippen LogP contribution in [-0.4, -0.2) is 47.5 Å². The summed E-state index contributed by atoms with van der Waals surface area (Å²) < 4.78 is 14.9. The molecular formula is C25H25FN4O4. The Kier molecular flexibility index (Phi) is 10.1. The monoisotopic (exact) mass is 464 g/mol. The molecule has 1 heterocycles. The molecule has 0 fully saturated rings. The summed E-state index contributed by atoms with van der Waals surface area (Å²) in [6, 6.07) is 19.2. The first-order chi connectivity index (χ1) is 16.7. The van der Waals surface area contributed by atoms with E-state index in [0.29, 0.717) is 18.7 Å². The van der Waals surface area contributed by atoms with Crippen LogP contribution in [0.4, 0.5) is 10.1 Å². The van der Waals surface area contributed by atoms with Gasteiger partial charge in [-0.1, -0.05) is 18.2 Å². The number of aliphatic hydroxyl groups excluding tert-OH is 1. The van der Waals surface area contributed by atoms with Crippen LogP contribution in [0.2, 0.25) is 0 Å². The smallest absolute Gasteiger partial charge is 0.252 e. The van der Waals surface area contributed by atoms with E-state index in [9.17, 15) is 9.18 Å². The highest BCUT2D eigenvalue weighted by Gasteiger charge is 2.14. The van der Waals surface area contributed by atoms with Gasteiger partial charge in [0.25, 0.3) is 5.91 Å². The lowest BCUT2D eigenvalue weighted by atomic mass is 10.1. The number of hydrogen-bond acceptors (Lipinski definition) is 6. The highest BCUT2D eigenvalue weighted by Crippen LogP contribution is 2.22. The number of nitrogens with one attached hydrogen (secondary N) is 2. The minimum atomic E-state index is -0.313. The van der Waals surface area contributed by atoms with Crippen LogP contribution in [0.1, 0.15) is 15.9 Å². The summed E-state index contributed by atoms with van der Waals surface area (Å²) in [4.78, 5) is 28.8. The number of hydrogen-bond donors (Lipinski definition) is 3. The van der Waals surface area contributed by atoms with E-state index in [2.05, 4.69) is 15.7 Å². The van der Waals surface area contributed by atoms with Gasteiger partial charge in [0.2, 0.25) is 0 Å². The van der Waals surface area contributed by atoms with Gasteiger partial charge in [-0.05, 0) is 54.1 Å². The van der Waals surface area contributed by atoms with Crippen molar-refractivity contribution in [1.29, 1.82) is 0 Å². The quantitative estimate of drug-likeness (QED) is 0.387. The fourth-order valence-corrected chi connectivity index (χ4v) is 3.26.